The molecule has 0 bridgehead atoms. The van der Waals surface area contributed by atoms with Crippen molar-refractivity contribution >= 4 is 11.0 Å². The number of fused-ring (bicyclic) bond motifs is 3. The van der Waals surface area contributed by atoms with Crippen molar-refractivity contribution in [2.75, 3.05) is 0 Å². The Morgan fingerprint density at radius 1 is 1.18 bits per heavy atom. The molecule has 1 aliphatic carbocycles. The molecule has 1 heterocycles. The van der Waals surface area contributed by atoms with Gasteiger partial charge < -0.3 is 4.42 Å². The van der Waals surface area contributed by atoms with Crippen LogP contribution in [0.3, 0.4) is 0 Å². The van der Waals surface area contributed by atoms with Crippen LogP contribution in [0.4, 0.5) is 0 Å². The molecule has 1 heteroatoms. The van der Waals surface area contributed by atoms with Crippen LogP contribution in [0.5, 0.6) is 0 Å². The fourth-order valence-corrected chi connectivity index (χ4v) is 3.20. The van der Waals surface area contributed by atoms with Crippen LogP contribution in [-0.4, -0.2) is 0 Å². The van der Waals surface area contributed by atoms with Gasteiger partial charge in [0.05, 0.1) is 0 Å². The van der Waals surface area contributed by atoms with Crippen LogP contribution in [0.2, 0.25) is 0 Å². The van der Waals surface area contributed by atoms with Crippen LogP contribution in [0.1, 0.15) is 56.8 Å². The fourth-order valence-electron chi connectivity index (χ4n) is 3.20. The third-order valence-electron chi connectivity index (χ3n) is 4.20. The molecule has 17 heavy (non-hydrogen) atoms. The van der Waals surface area contributed by atoms with Gasteiger partial charge in [-0.2, -0.15) is 0 Å². The second kappa shape index (κ2) is 3.90. The van der Waals surface area contributed by atoms with E-state index in [4.69, 9.17) is 4.42 Å². The van der Waals surface area contributed by atoms with Gasteiger partial charge in [0.1, 0.15) is 11.3 Å². The molecule has 0 saturated heterocycles. The number of para-hydroxylation sites is 1. The quantitative estimate of drug-likeness (QED) is 0.664. The van der Waals surface area contributed by atoms with E-state index in [1.54, 1.807) is 0 Å². The van der Waals surface area contributed by atoms with E-state index in [-0.39, 0.29) is 0 Å². The van der Waals surface area contributed by atoms with Gasteiger partial charge in [-0.15, -0.1) is 0 Å². The first-order valence-electron chi connectivity index (χ1n) is 6.69. The van der Waals surface area contributed by atoms with Crippen molar-refractivity contribution in [3.63, 3.8) is 0 Å². The predicted octanol–water partition coefficient (Wildman–Crippen LogP) is 5.07. The van der Waals surface area contributed by atoms with Gasteiger partial charge in [0, 0.05) is 16.9 Å². The largest absolute Gasteiger partial charge is 0.460 e. The van der Waals surface area contributed by atoms with Gasteiger partial charge >= 0.3 is 0 Å². The second-order valence-corrected chi connectivity index (χ2v) is 5.71. The molecule has 2 unspecified atom stereocenters. The molecule has 1 aromatic heterocycles. The van der Waals surface area contributed by atoms with E-state index in [1.807, 2.05) is 0 Å². The number of furan rings is 1. The Labute approximate surface area is 103 Å². The number of hydrogen-bond donors (Lipinski definition) is 0. The first kappa shape index (κ1) is 10.9. The highest BCUT2D eigenvalue weighted by Gasteiger charge is 2.31. The lowest BCUT2D eigenvalue weighted by Gasteiger charge is -2.28. The number of benzene rings is 1. The average molecular weight is 228 g/mol. The van der Waals surface area contributed by atoms with E-state index in [0.29, 0.717) is 17.8 Å². The molecule has 2 atom stereocenters. The highest BCUT2D eigenvalue weighted by molar-refractivity contribution is 5.83. The summed E-state index contributed by atoms with van der Waals surface area (Å²) in [4.78, 5) is 0. The maximum Gasteiger partial charge on any atom is 0.134 e. The third kappa shape index (κ3) is 1.60. The summed E-state index contributed by atoms with van der Waals surface area (Å²) in [5.41, 5.74) is 2.56. The van der Waals surface area contributed by atoms with Crippen molar-refractivity contribution in [2.24, 2.45) is 5.92 Å². The molecule has 90 valence electrons. The van der Waals surface area contributed by atoms with Crippen molar-refractivity contribution in [1.82, 2.24) is 0 Å². The van der Waals surface area contributed by atoms with E-state index < -0.39 is 0 Å². The Kier molecular flexibility index (Phi) is 2.50. The van der Waals surface area contributed by atoms with Crippen LogP contribution in [0, 0.1) is 5.92 Å². The molecule has 0 spiro atoms. The summed E-state index contributed by atoms with van der Waals surface area (Å²) in [6.45, 7) is 6.94. The van der Waals surface area contributed by atoms with Gasteiger partial charge in [-0.1, -0.05) is 39.0 Å². The lowest BCUT2D eigenvalue weighted by Crippen LogP contribution is -2.15. The number of rotatable bonds is 1. The summed E-state index contributed by atoms with van der Waals surface area (Å²) >= 11 is 0. The van der Waals surface area contributed by atoms with E-state index in [0.717, 1.165) is 5.58 Å². The van der Waals surface area contributed by atoms with E-state index in [2.05, 4.69) is 45.0 Å². The maximum absolute atomic E-state index is 6.08. The average Bonchev–Trinajstić information content (AvgIpc) is 2.69. The van der Waals surface area contributed by atoms with Crippen LogP contribution in [0.15, 0.2) is 28.7 Å². The summed E-state index contributed by atoms with van der Waals surface area (Å²) in [7, 11) is 0. The molecule has 2 aromatic rings. The Morgan fingerprint density at radius 2 is 1.94 bits per heavy atom. The normalized spacial score (nSPS) is 24.2. The van der Waals surface area contributed by atoms with E-state index >= 15 is 0 Å². The van der Waals surface area contributed by atoms with Crippen molar-refractivity contribution in [3.05, 3.63) is 35.6 Å². The van der Waals surface area contributed by atoms with E-state index in [9.17, 15) is 0 Å². The van der Waals surface area contributed by atoms with Crippen molar-refractivity contribution in [2.45, 2.75) is 45.4 Å². The summed E-state index contributed by atoms with van der Waals surface area (Å²) in [6.07, 6.45) is 2.56. The molecule has 0 amide bonds. The topological polar surface area (TPSA) is 13.1 Å². The van der Waals surface area contributed by atoms with Gasteiger partial charge in [0.2, 0.25) is 0 Å². The number of hydrogen-bond acceptors (Lipinski definition) is 1. The minimum Gasteiger partial charge on any atom is -0.460 e. The van der Waals surface area contributed by atoms with Gasteiger partial charge in [-0.3, -0.25) is 0 Å². The monoisotopic (exact) mass is 228 g/mol. The Balaban J connectivity index is 2.26. The van der Waals surface area contributed by atoms with Crippen LogP contribution in [-0.2, 0) is 0 Å². The molecular formula is C16H20O. The molecular weight excluding hydrogens is 208 g/mol. The third-order valence-corrected chi connectivity index (χ3v) is 4.20. The standard InChI is InChI=1S/C16H20O/c1-10(2)12-9-8-11(3)16-15(12)13-6-4-5-7-14(13)17-16/h4-7,10-12H,8-9H2,1-3H3. The molecule has 1 aliphatic rings. The van der Waals surface area contributed by atoms with Gasteiger partial charge in [0.15, 0.2) is 0 Å². The SMILES string of the molecule is CC1CCC(C(C)C)c2c1oc1ccccc21. The summed E-state index contributed by atoms with van der Waals surface area (Å²) in [6, 6.07) is 8.49. The lowest BCUT2D eigenvalue weighted by atomic mass is 9.75. The minimum atomic E-state index is 0.576. The van der Waals surface area contributed by atoms with Gasteiger partial charge in [-0.25, -0.2) is 0 Å². The first-order chi connectivity index (χ1) is 8.18. The zero-order valence-electron chi connectivity index (χ0n) is 10.9. The molecule has 0 saturated carbocycles. The van der Waals surface area contributed by atoms with Crippen molar-refractivity contribution in [3.8, 4) is 0 Å². The Bertz CT molecular complexity index is 535. The molecule has 3 rings (SSSR count). The molecule has 1 aromatic carbocycles. The zero-order valence-corrected chi connectivity index (χ0v) is 10.9. The van der Waals surface area contributed by atoms with Crippen LogP contribution in [0.25, 0.3) is 11.0 Å². The van der Waals surface area contributed by atoms with Gasteiger partial charge in [-0.05, 0) is 30.7 Å². The predicted molar refractivity (Wildman–Crippen MR) is 71.4 cm³/mol. The highest BCUT2D eigenvalue weighted by Crippen LogP contribution is 2.46. The molecule has 0 aliphatic heterocycles. The van der Waals surface area contributed by atoms with Gasteiger partial charge in [0.25, 0.3) is 0 Å². The van der Waals surface area contributed by atoms with Crippen LogP contribution >= 0.6 is 0 Å². The minimum absolute atomic E-state index is 0.576. The van der Waals surface area contributed by atoms with Crippen molar-refractivity contribution in [1.29, 1.82) is 0 Å². The maximum atomic E-state index is 6.08. The Morgan fingerprint density at radius 3 is 2.71 bits per heavy atom. The molecule has 0 N–H and O–H groups in total. The molecule has 0 fully saturated rings. The van der Waals surface area contributed by atoms with Crippen LogP contribution < -0.4 is 0 Å². The fraction of sp³-hybridized carbons (Fsp3) is 0.500. The summed E-state index contributed by atoms with van der Waals surface area (Å²) in [5, 5.41) is 1.34. The Hall–Kier alpha value is -1.24. The summed E-state index contributed by atoms with van der Waals surface area (Å²) in [5.74, 6) is 3.19. The van der Waals surface area contributed by atoms with Crippen molar-refractivity contribution < 1.29 is 4.42 Å². The van der Waals surface area contributed by atoms with E-state index in [1.165, 1.54) is 29.6 Å². The molecule has 1 nitrogen and oxygen atoms in total. The smallest absolute Gasteiger partial charge is 0.134 e. The summed E-state index contributed by atoms with van der Waals surface area (Å²) < 4.78 is 6.08. The molecule has 0 radical (unpaired) electrons. The zero-order chi connectivity index (χ0) is 12.0. The highest BCUT2D eigenvalue weighted by atomic mass is 16.3. The lowest BCUT2D eigenvalue weighted by molar-refractivity contribution is 0.371. The second-order valence-electron chi connectivity index (χ2n) is 5.71. The first-order valence-corrected chi connectivity index (χ1v) is 6.69.